The van der Waals surface area contributed by atoms with Gasteiger partial charge < -0.3 is 14.6 Å². The second-order valence-electron chi connectivity index (χ2n) is 10.9. The van der Waals surface area contributed by atoms with Crippen LogP contribution in [0.15, 0.2) is 82.7 Å². The lowest BCUT2D eigenvalue weighted by Crippen LogP contribution is -2.29. The van der Waals surface area contributed by atoms with Crippen molar-refractivity contribution in [2.75, 3.05) is 11.5 Å². The molecule has 226 valence electrons. The van der Waals surface area contributed by atoms with Crippen LogP contribution in [0.2, 0.25) is 0 Å². The van der Waals surface area contributed by atoms with Gasteiger partial charge in [0.1, 0.15) is 23.4 Å². The minimum absolute atomic E-state index is 0.00117. The molecule has 0 unspecified atom stereocenters. The number of aliphatic hydroxyl groups excluding tert-OH is 1. The molecule has 0 spiro atoms. The maximum Gasteiger partial charge on any atom is 0.301 e. The number of thioether (sulfide) groups is 1. The number of anilines is 1. The molecule has 2 atom stereocenters. The Morgan fingerprint density at radius 2 is 1.91 bits per heavy atom. The molecular weight excluding hydrogens is 595 g/mol. The average molecular weight is 628 g/mol. The second kappa shape index (κ2) is 13.2. The second-order valence-corrected chi connectivity index (χ2v) is 13.1. The number of rotatable bonds is 11. The Balaban J connectivity index is 1.38. The molecule has 1 fully saturated rings. The summed E-state index contributed by atoms with van der Waals surface area (Å²) < 4.78 is 12.5. The first-order valence-corrected chi connectivity index (χ1v) is 16.6. The van der Waals surface area contributed by atoms with Gasteiger partial charge in [-0.15, -0.1) is 10.2 Å². The fourth-order valence-electron chi connectivity index (χ4n) is 5.46. The van der Waals surface area contributed by atoms with E-state index in [-0.39, 0.29) is 22.6 Å². The fourth-order valence-corrected chi connectivity index (χ4v) is 7.29. The molecule has 8 nitrogen and oxygen atoms in total. The van der Waals surface area contributed by atoms with Gasteiger partial charge in [0.15, 0.2) is 4.34 Å². The maximum atomic E-state index is 13.7. The van der Waals surface area contributed by atoms with Gasteiger partial charge in [-0.25, -0.2) is 0 Å². The lowest BCUT2D eigenvalue weighted by atomic mass is 9.94. The van der Waals surface area contributed by atoms with Gasteiger partial charge in [-0.2, -0.15) is 0 Å². The van der Waals surface area contributed by atoms with E-state index in [1.165, 1.54) is 28.0 Å². The predicted molar refractivity (Wildman–Crippen MR) is 172 cm³/mol. The molecule has 0 bridgehead atoms. The largest absolute Gasteiger partial charge is 0.507 e. The van der Waals surface area contributed by atoms with Gasteiger partial charge in [0.2, 0.25) is 5.13 Å². The molecule has 1 N–H and O–H groups in total. The van der Waals surface area contributed by atoms with Gasteiger partial charge >= 0.3 is 5.91 Å². The van der Waals surface area contributed by atoms with Crippen LogP contribution in [0.3, 0.4) is 0 Å². The Kier molecular flexibility index (Phi) is 8.99. The first kappa shape index (κ1) is 29.9. The minimum atomic E-state index is -0.919. The van der Waals surface area contributed by atoms with Crippen LogP contribution in [0.1, 0.15) is 61.4 Å². The molecule has 3 heterocycles. The van der Waals surface area contributed by atoms with E-state index in [0.29, 0.717) is 40.0 Å². The van der Waals surface area contributed by atoms with Gasteiger partial charge in [-0.05, 0) is 60.4 Å². The third kappa shape index (κ3) is 6.23. The highest BCUT2D eigenvalue weighted by Gasteiger charge is 2.48. The van der Waals surface area contributed by atoms with Crippen molar-refractivity contribution < 1.29 is 24.2 Å². The van der Waals surface area contributed by atoms with Crippen molar-refractivity contribution in [3.8, 4) is 11.5 Å². The standard InChI is InChI=1S/C34H33N3O5S2/c1-3-4-8-16-41-26-13-9-12-23(19-26)29-28(30(38)24-14-15-27-25(18-24)17-21(2)42-27)31(39)32(40)37(29)33-35-36-34(44-33)43-20-22-10-6-5-7-11-22/h5-7,9-15,18-19,21,29,38H,3-4,8,16-17,20H2,1-2H3/t21-,29+/m1/s1. The Morgan fingerprint density at radius 3 is 2.73 bits per heavy atom. The van der Waals surface area contributed by atoms with E-state index in [9.17, 15) is 14.7 Å². The summed E-state index contributed by atoms with van der Waals surface area (Å²) in [4.78, 5) is 28.8. The van der Waals surface area contributed by atoms with Crippen molar-refractivity contribution in [3.05, 3.63) is 101 Å². The molecule has 6 rings (SSSR count). The Bertz CT molecular complexity index is 1700. The highest BCUT2D eigenvalue weighted by atomic mass is 32.2. The van der Waals surface area contributed by atoms with Gasteiger partial charge in [0.05, 0.1) is 18.2 Å². The van der Waals surface area contributed by atoms with Crippen LogP contribution in [-0.4, -0.2) is 39.7 Å². The molecule has 3 aromatic carbocycles. The Hall–Kier alpha value is -4.15. The van der Waals surface area contributed by atoms with Gasteiger partial charge in [0, 0.05) is 17.7 Å². The molecule has 2 aliphatic rings. The van der Waals surface area contributed by atoms with Gasteiger partial charge in [0.25, 0.3) is 5.78 Å². The number of aliphatic hydroxyl groups is 1. The smallest absolute Gasteiger partial charge is 0.301 e. The number of unbranched alkanes of at least 4 members (excludes halogenated alkanes) is 2. The maximum absolute atomic E-state index is 13.7. The number of hydrogen-bond donors (Lipinski definition) is 1. The number of amides is 1. The lowest BCUT2D eigenvalue weighted by molar-refractivity contribution is -0.132. The predicted octanol–water partition coefficient (Wildman–Crippen LogP) is 7.35. The number of carbonyl (C=O) groups excluding carboxylic acids is 2. The zero-order valence-electron chi connectivity index (χ0n) is 24.6. The van der Waals surface area contributed by atoms with Crippen LogP contribution < -0.4 is 14.4 Å². The zero-order valence-corrected chi connectivity index (χ0v) is 26.2. The summed E-state index contributed by atoms with van der Waals surface area (Å²) in [5.41, 5.74) is 3.16. The summed E-state index contributed by atoms with van der Waals surface area (Å²) >= 11 is 2.76. The minimum Gasteiger partial charge on any atom is -0.507 e. The SMILES string of the molecule is CCCCCOc1cccc([C@H]2C(=C(O)c3ccc4c(c3)C[C@@H](C)O4)C(=O)C(=O)N2c2nnc(SCc3ccccc3)s2)c1. The molecule has 1 aromatic heterocycles. The van der Waals surface area contributed by atoms with E-state index in [1.807, 2.05) is 67.6 Å². The Labute approximate surface area is 264 Å². The number of benzene rings is 3. The van der Waals surface area contributed by atoms with Crippen LogP contribution >= 0.6 is 23.1 Å². The van der Waals surface area contributed by atoms with Crippen molar-refractivity contribution in [2.45, 2.75) is 61.8 Å². The zero-order chi connectivity index (χ0) is 30.6. The molecule has 0 saturated carbocycles. The summed E-state index contributed by atoms with van der Waals surface area (Å²) in [6.07, 6.45) is 3.79. The van der Waals surface area contributed by atoms with E-state index in [0.717, 1.165) is 36.1 Å². The van der Waals surface area contributed by atoms with Crippen LogP contribution in [0, 0.1) is 0 Å². The van der Waals surface area contributed by atoms with Crippen molar-refractivity contribution in [1.82, 2.24) is 10.2 Å². The molecule has 10 heteroatoms. The van der Waals surface area contributed by atoms with E-state index in [1.54, 1.807) is 12.1 Å². The van der Waals surface area contributed by atoms with E-state index < -0.39 is 17.7 Å². The highest BCUT2D eigenvalue weighted by Crippen LogP contribution is 2.45. The highest BCUT2D eigenvalue weighted by molar-refractivity contribution is 8.00. The van der Waals surface area contributed by atoms with Crippen LogP contribution in [-0.2, 0) is 21.8 Å². The van der Waals surface area contributed by atoms with Crippen molar-refractivity contribution in [2.24, 2.45) is 0 Å². The average Bonchev–Trinajstić information content (AvgIpc) is 3.73. The number of fused-ring (bicyclic) bond motifs is 1. The van der Waals surface area contributed by atoms with Gasteiger partial charge in [-0.3, -0.25) is 14.5 Å². The van der Waals surface area contributed by atoms with Crippen molar-refractivity contribution in [3.63, 3.8) is 0 Å². The molecule has 2 aliphatic heterocycles. The van der Waals surface area contributed by atoms with E-state index in [4.69, 9.17) is 9.47 Å². The van der Waals surface area contributed by atoms with Crippen LogP contribution in [0.5, 0.6) is 11.5 Å². The first-order chi connectivity index (χ1) is 21.4. The molecule has 4 aromatic rings. The topological polar surface area (TPSA) is 102 Å². The lowest BCUT2D eigenvalue weighted by Gasteiger charge is -2.23. The summed E-state index contributed by atoms with van der Waals surface area (Å²) in [7, 11) is 0. The number of nitrogens with zero attached hydrogens (tertiary/aromatic N) is 3. The van der Waals surface area contributed by atoms with E-state index in [2.05, 4.69) is 17.1 Å². The number of ether oxygens (including phenoxy) is 2. The van der Waals surface area contributed by atoms with Gasteiger partial charge in [-0.1, -0.05) is 85.3 Å². The summed E-state index contributed by atoms with van der Waals surface area (Å²) in [5, 5.41) is 20.6. The van der Waals surface area contributed by atoms with Crippen LogP contribution in [0.4, 0.5) is 5.13 Å². The fraction of sp³-hybridized carbons (Fsp3) is 0.294. The van der Waals surface area contributed by atoms with Crippen LogP contribution in [0.25, 0.3) is 5.76 Å². The molecule has 0 radical (unpaired) electrons. The molecule has 1 saturated heterocycles. The number of aromatic nitrogens is 2. The first-order valence-electron chi connectivity index (χ1n) is 14.8. The summed E-state index contributed by atoms with van der Waals surface area (Å²) in [6.45, 7) is 4.68. The molecule has 0 aliphatic carbocycles. The number of hydrogen-bond acceptors (Lipinski definition) is 9. The molecule has 1 amide bonds. The quantitative estimate of drug-likeness (QED) is 0.0460. The van der Waals surface area contributed by atoms with Crippen molar-refractivity contribution >= 4 is 45.7 Å². The number of carbonyl (C=O) groups is 2. The summed E-state index contributed by atoms with van der Waals surface area (Å²) in [6, 6.07) is 21.8. The molecular formula is C34H33N3O5S2. The van der Waals surface area contributed by atoms with Crippen molar-refractivity contribution in [1.29, 1.82) is 0 Å². The number of Topliss-reactive ketones (excluding diaryl/α,β-unsaturated/α-hetero) is 1. The number of ketones is 1. The third-order valence-electron chi connectivity index (χ3n) is 7.61. The summed E-state index contributed by atoms with van der Waals surface area (Å²) in [5.74, 6) is 0.295. The van der Waals surface area contributed by atoms with E-state index >= 15 is 0 Å². The normalized spacial score (nSPS) is 18.8. The Morgan fingerprint density at radius 1 is 1.07 bits per heavy atom. The monoisotopic (exact) mass is 627 g/mol. The third-order valence-corrected chi connectivity index (χ3v) is 9.74. The molecule has 44 heavy (non-hydrogen) atoms.